The van der Waals surface area contributed by atoms with Crippen LogP contribution >= 0.6 is 0 Å². The fraction of sp³-hybridized carbons (Fsp3) is 0.333. The van der Waals surface area contributed by atoms with Crippen LogP contribution in [0.5, 0.6) is 5.75 Å². The molecule has 1 fully saturated rings. The third-order valence-corrected chi connectivity index (χ3v) is 5.10. The van der Waals surface area contributed by atoms with Crippen molar-refractivity contribution in [2.75, 3.05) is 18.4 Å². The number of halogens is 2. The van der Waals surface area contributed by atoms with E-state index in [4.69, 9.17) is 0 Å². The summed E-state index contributed by atoms with van der Waals surface area (Å²) in [5, 5.41) is 2.81. The molecular formula is C21H22F2N4O2. The van der Waals surface area contributed by atoms with E-state index >= 15 is 0 Å². The average Bonchev–Trinajstić information content (AvgIpc) is 3.10. The Hall–Kier alpha value is -3.00. The number of aromatic nitrogens is 2. The van der Waals surface area contributed by atoms with Gasteiger partial charge in [-0.1, -0.05) is 18.2 Å². The number of rotatable bonds is 6. The molecule has 29 heavy (non-hydrogen) atoms. The van der Waals surface area contributed by atoms with Crippen molar-refractivity contribution in [3.8, 4) is 5.75 Å². The fourth-order valence-corrected chi connectivity index (χ4v) is 3.64. The second kappa shape index (κ2) is 8.57. The number of amides is 1. The molecule has 4 rings (SSSR count). The summed E-state index contributed by atoms with van der Waals surface area (Å²) >= 11 is 0. The molecule has 0 aliphatic carbocycles. The molecule has 6 nitrogen and oxygen atoms in total. The molecule has 1 saturated heterocycles. The number of para-hydroxylation sites is 2. The van der Waals surface area contributed by atoms with Crippen LogP contribution in [-0.4, -0.2) is 40.5 Å². The Morgan fingerprint density at radius 3 is 2.76 bits per heavy atom. The Balaban J connectivity index is 1.29. The van der Waals surface area contributed by atoms with Crippen LogP contribution in [0.3, 0.4) is 0 Å². The van der Waals surface area contributed by atoms with E-state index in [1.807, 2.05) is 24.3 Å². The molecule has 2 heterocycles. The topological polar surface area (TPSA) is 70.2 Å². The number of hydrogen-bond acceptors (Lipinski definition) is 4. The molecule has 1 aliphatic rings. The van der Waals surface area contributed by atoms with Gasteiger partial charge in [0.05, 0.1) is 17.6 Å². The van der Waals surface area contributed by atoms with E-state index in [1.54, 1.807) is 12.1 Å². The number of aromatic amines is 1. The normalized spacial score (nSPS) is 15.7. The molecule has 1 aliphatic heterocycles. The van der Waals surface area contributed by atoms with Gasteiger partial charge < -0.3 is 15.0 Å². The first kappa shape index (κ1) is 19.3. The summed E-state index contributed by atoms with van der Waals surface area (Å²) in [5.74, 6) is 0.743. The van der Waals surface area contributed by atoms with Crippen molar-refractivity contribution >= 4 is 22.6 Å². The smallest absolute Gasteiger partial charge is 0.387 e. The number of imidazole rings is 1. The van der Waals surface area contributed by atoms with E-state index < -0.39 is 6.61 Å². The van der Waals surface area contributed by atoms with E-state index in [0.29, 0.717) is 5.69 Å². The van der Waals surface area contributed by atoms with E-state index in [9.17, 15) is 13.6 Å². The van der Waals surface area contributed by atoms with Crippen LogP contribution in [0.25, 0.3) is 11.0 Å². The molecule has 0 unspecified atom stereocenters. The van der Waals surface area contributed by atoms with Crippen LogP contribution in [0.1, 0.15) is 18.7 Å². The van der Waals surface area contributed by atoms with Crippen molar-refractivity contribution in [2.45, 2.75) is 26.0 Å². The number of piperidine rings is 1. The molecule has 1 aromatic heterocycles. The van der Waals surface area contributed by atoms with Gasteiger partial charge in [-0.3, -0.25) is 9.69 Å². The van der Waals surface area contributed by atoms with Gasteiger partial charge in [-0.05, 0) is 50.2 Å². The Kier molecular flexibility index (Phi) is 5.71. The Bertz CT molecular complexity index is 950. The summed E-state index contributed by atoms with van der Waals surface area (Å²) < 4.78 is 29.1. The zero-order valence-electron chi connectivity index (χ0n) is 15.8. The van der Waals surface area contributed by atoms with Gasteiger partial charge in [0.25, 0.3) is 0 Å². The highest BCUT2D eigenvalue weighted by Gasteiger charge is 2.25. The highest BCUT2D eigenvalue weighted by molar-refractivity contribution is 5.92. The summed E-state index contributed by atoms with van der Waals surface area (Å²) in [6.45, 7) is -0.583. The van der Waals surface area contributed by atoms with Crippen LogP contribution in [-0.2, 0) is 11.3 Å². The zero-order valence-corrected chi connectivity index (χ0v) is 15.8. The number of carbonyl (C=O) groups excluding carboxylic acids is 1. The number of likely N-dealkylation sites (tertiary alicyclic amines) is 1. The number of nitrogens with one attached hydrogen (secondary N) is 2. The standard InChI is InChI=1S/C21H22F2N4O2/c22-21(23)29-16-5-3-4-15(12-16)24-20(28)14-8-10-27(11-9-14)13-19-25-17-6-1-2-7-18(17)26-19/h1-7,12,14,21H,8-11,13H2,(H,24,28)(H,25,26). The second-order valence-corrected chi connectivity index (χ2v) is 7.15. The van der Waals surface area contributed by atoms with Gasteiger partial charge in [0, 0.05) is 17.7 Å². The minimum absolute atomic E-state index is 0.0263. The van der Waals surface area contributed by atoms with Crippen LogP contribution in [0.15, 0.2) is 48.5 Å². The first-order valence-corrected chi connectivity index (χ1v) is 9.58. The summed E-state index contributed by atoms with van der Waals surface area (Å²) in [6, 6.07) is 14.0. The Morgan fingerprint density at radius 1 is 1.21 bits per heavy atom. The Labute approximate surface area is 166 Å². The van der Waals surface area contributed by atoms with Crippen molar-refractivity contribution in [3.63, 3.8) is 0 Å². The minimum Gasteiger partial charge on any atom is -0.435 e. The van der Waals surface area contributed by atoms with Crippen molar-refractivity contribution in [2.24, 2.45) is 5.92 Å². The lowest BCUT2D eigenvalue weighted by atomic mass is 9.96. The number of nitrogens with zero attached hydrogens (tertiary/aromatic N) is 2. The number of H-pyrrole nitrogens is 1. The SMILES string of the molecule is O=C(Nc1cccc(OC(F)F)c1)C1CCN(Cc2nc3ccccc3[nH]2)CC1. The number of benzene rings is 2. The molecule has 2 N–H and O–H groups in total. The summed E-state index contributed by atoms with van der Waals surface area (Å²) in [5.41, 5.74) is 2.43. The van der Waals surface area contributed by atoms with Crippen LogP contribution in [0.2, 0.25) is 0 Å². The lowest BCUT2D eigenvalue weighted by Crippen LogP contribution is -2.38. The van der Waals surface area contributed by atoms with E-state index in [2.05, 4.69) is 24.9 Å². The first-order valence-electron chi connectivity index (χ1n) is 9.58. The van der Waals surface area contributed by atoms with Gasteiger partial charge in [0.1, 0.15) is 11.6 Å². The molecule has 0 spiro atoms. The number of carbonyl (C=O) groups is 1. The molecule has 2 aromatic carbocycles. The molecular weight excluding hydrogens is 378 g/mol. The highest BCUT2D eigenvalue weighted by atomic mass is 19.3. The van der Waals surface area contributed by atoms with Crippen molar-refractivity contribution in [3.05, 3.63) is 54.4 Å². The number of ether oxygens (including phenoxy) is 1. The number of fused-ring (bicyclic) bond motifs is 1. The quantitative estimate of drug-likeness (QED) is 0.656. The van der Waals surface area contributed by atoms with E-state index in [-0.39, 0.29) is 17.6 Å². The summed E-state index contributed by atoms with van der Waals surface area (Å²) in [6.07, 6.45) is 1.47. The van der Waals surface area contributed by atoms with Crippen molar-refractivity contribution < 1.29 is 18.3 Å². The summed E-state index contributed by atoms with van der Waals surface area (Å²) in [4.78, 5) is 22.8. The molecule has 1 amide bonds. The van der Waals surface area contributed by atoms with Gasteiger partial charge >= 0.3 is 6.61 Å². The predicted octanol–water partition coefficient (Wildman–Crippen LogP) is 4.02. The average molecular weight is 400 g/mol. The van der Waals surface area contributed by atoms with Gasteiger partial charge in [-0.15, -0.1) is 0 Å². The highest BCUT2D eigenvalue weighted by Crippen LogP contribution is 2.23. The molecule has 0 saturated carbocycles. The van der Waals surface area contributed by atoms with Gasteiger partial charge in [-0.2, -0.15) is 8.78 Å². The largest absolute Gasteiger partial charge is 0.435 e. The zero-order chi connectivity index (χ0) is 20.2. The van der Waals surface area contributed by atoms with Crippen molar-refractivity contribution in [1.82, 2.24) is 14.9 Å². The predicted molar refractivity (Wildman–Crippen MR) is 106 cm³/mol. The van der Waals surface area contributed by atoms with Crippen molar-refractivity contribution in [1.29, 1.82) is 0 Å². The van der Waals surface area contributed by atoms with E-state index in [0.717, 1.165) is 49.3 Å². The molecule has 0 bridgehead atoms. The first-order chi connectivity index (χ1) is 14.1. The lowest BCUT2D eigenvalue weighted by molar-refractivity contribution is -0.121. The number of anilines is 1. The van der Waals surface area contributed by atoms with Crippen LogP contribution < -0.4 is 10.1 Å². The molecule has 0 radical (unpaired) electrons. The van der Waals surface area contributed by atoms with Gasteiger partial charge in [0.2, 0.25) is 5.91 Å². The minimum atomic E-state index is -2.89. The van der Waals surface area contributed by atoms with Gasteiger partial charge in [0.15, 0.2) is 0 Å². The lowest BCUT2D eigenvalue weighted by Gasteiger charge is -2.30. The second-order valence-electron chi connectivity index (χ2n) is 7.15. The molecule has 3 aromatic rings. The van der Waals surface area contributed by atoms with Gasteiger partial charge in [-0.25, -0.2) is 4.98 Å². The monoisotopic (exact) mass is 400 g/mol. The van der Waals surface area contributed by atoms with Crippen LogP contribution in [0.4, 0.5) is 14.5 Å². The van der Waals surface area contributed by atoms with E-state index in [1.165, 1.54) is 12.1 Å². The maximum Gasteiger partial charge on any atom is 0.387 e. The Morgan fingerprint density at radius 2 is 2.00 bits per heavy atom. The molecule has 8 heteroatoms. The third kappa shape index (κ3) is 4.89. The molecule has 152 valence electrons. The number of alkyl halides is 2. The molecule has 0 atom stereocenters. The third-order valence-electron chi connectivity index (χ3n) is 5.10. The summed E-state index contributed by atoms with van der Waals surface area (Å²) in [7, 11) is 0. The maximum atomic E-state index is 12.5. The number of hydrogen-bond donors (Lipinski definition) is 2. The van der Waals surface area contributed by atoms with Crippen LogP contribution in [0, 0.1) is 5.92 Å². The fourth-order valence-electron chi connectivity index (χ4n) is 3.64. The maximum absolute atomic E-state index is 12.5.